The molecular formula is C22H30. The molecule has 1 aromatic rings. The Kier molecular flexibility index (Phi) is 5.39. The molecule has 0 N–H and O–H groups in total. The highest BCUT2D eigenvalue weighted by Crippen LogP contribution is 2.44. The van der Waals surface area contributed by atoms with Crippen molar-refractivity contribution < 1.29 is 0 Å². The van der Waals surface area contributed by atoms with Crippen LogP contribution in [-0.2, 0) is 0 Å². The number of rotatable bonds is 3. The SMILES string of the molecule is C/C=C/C1CC[C](C2CC[C](c3ccc(C)cc3)CC2)CC1. The predicted octanol–water partition coefficient (Wildman–Crippen LogP) is 6.45. The van der Waals surface area contributed by atoms with Gasteiger partial charge < -0.3 is 0 Å². The van der Waals surface area contributed by atoms with E-state index in [9.17, 15) is 0 Å². The van der Waals surface area contributed by atoms with Crippen LogP contribution in [0.15, 0.2) is 36.4 Å². The maximum absolute atomic E-state index is 2.42. The minimum Gasteiger partial charge on any atom is -0.0914 e. The Balaban J connectivity index is 1.49. The molecule has 2 saturated carbocycles. The third kappa shape index (κ3) is 3.83. The number of allylic oxidation sites excluding steroid dienone is 2. The average molecular weight is 294 g/mol. The molecule has 0 nitrogen and oxygen atoms in total. The quantitative estimate of drug-likeness (QED) is 0.562. The van der Waals surface area contributed by atoms with Gasteiger partial charge in [-0.05, 0) is 88.5 Å². The van der Waals surface area contributed by atoms with Gasteiger partial charge in [0.2, 0.25) is 0 Å². The van der Waals surface area contributed by atoms with Gasteiger partial charge in [-0.3, -0.25) is 0 Å². The van der Waals surface area contributed by atoms with Crippen LogP contribution < -0.4 is 0 Å². The van der Waals surface area contributed by atoms with Crippen LogP contribution in [0.25, 0.3) is 0 Å². The molecule has 118 valence electrons. The highest BCUT2D eigenvalue weighted by atomic mass is 14.4. The van der Waals surface area contributed by atoms with Gasteiger partial charge >= 0.3 is 0 Å². The second-order valence-corrected chi connectivity index (χ2v) is 7.27. The normalized spacial score (nSPS) is 23.4. The van der Waals surface area contributed by atoms with Crippen molar-refractivity contribution in [3.05, 3.63) is 59.4 Å². The maximum atomic E-state index is 2.42. The summed E-state index contributed by atoms with van der Waals surface area (Å²) in [6.45, 7) is 4.33. The fourth-order valence-corrected chi connectivity index (χ4v) is 4.34. The first-order valence-electron chi connectivity index (χ1n) is 9.15. The van der Waals surface area contributed by atoms with Crippen LogP contribution in [0.2, 0.25) is 0 Å². The van der Waals surface area contributed by atoms with Crippen molar-refractivity contribution in [2.75, 3.05) is 0 Å². The zero-order chi connectivity index (χ0) is 15.4. The molecule has 2 radical (unpaired) electrons. The van der Waals surface area contributed by atoms with Gasteiger partial charge in [-0.2, -0.15) is 0 Å². The van der Waals surface area contributed by atoms with E-state index in [0.717, 1.165) is 11.8 Å². The highest BCUT2D eigenvalue weighted by molar-refractivity contribution is 5.33. The molecule has 1 aromatic carbocycles. The van der Waals surface area contributed by atoms with Gasteiger partial charge in [-0.1, -0.05) is 42.0 Å². The summed E-state index contributed by atoms with van der Waals surface area (Å²) in [4.78, 5) is 0. The molecule has 0 amide bonds. The Morgan fingerprint density at radius 3 is 2.09 bits per heavy atom. The lowest BCUT2D eigenvalue weighted by Crippen LogP contribution is -2.23. The molecule has 0 unspecified atom stereocenters. The maximum Gasteiger partial charge on any atom is 0.00500 e. The Labute approximate surface area is 137 Å². The fraction of sp³-hybridized carbons (Fsp3) is 0.545. The van der Waals surface area contributed by atoms with Gasteiger partial charge in [-0.15, -0.1) is 0 Å². The molecule has 2 fully saturated rings. The van der Waals surface area contributed by atoms with Crippen LogP contribution in [0.1, 0.15) is 69.4 Å². The summed E-state index contributed by atoms with van der Waals surface area (Å²) in [5.74, 6) is 5.36. The van der Waals surface area contributed by atoms with E-state index in [0.29, 0.717) is 0 Å². The van der Waals surface area contributed by atoms with E-state index in [1.807, 2.05) is 5.92 Å². The van der Waals surface area contributed by atoms with E-state index in [4.69, 9.17) is 0 Å². The number of benzene rings is 1. The van der Waals surface area contributed by atoms with E-state index in [1.54, 1.807) is 5.92 Å². The summed E-state index contributed by atoms with van der Waals surface area (Å²) in [7, 11) is 0. The van der Waals surface area contributed by atoms with E-state index in [-0.39, 0.29) is 0 Å². The van der Waals surface area contributed by atoms with Crippen molar-refractivity contribution in [1.82, 2.24) is 0 Å². The number of aryl methyl sites for hydroxylation is 1. The first-order chi connectivity index (χ1) is 10.8. The molecule has 22 heavy (non-hydrogen) atoms. The topological polar surface area (TPSA) is 0 Å². The summed E-state index contributed by atoms with van der Waals surface area (Å²) >= 11 is 0. The smallest absolute Gasteiger partial charge is 0.00500 e. The van der Waals surface area contributed by atoms with E-state index >= 15 is 0 Å². The third-order valence-corrected chi connectivity index (χ3v) is 5.76. The van der Waals surface area contributed by atoms with Crippen molar-refractivity contribution in [3.8, 4) is 0 Å². The van der Waals surface area contributed by atoms with Crippen molar-refractivity contribution in [2.24, 2.45) is 11.8 Å². The molecule has 3 rings (SSSR count). The second-order valence-electron chi connectivity index (χ2n) is 7.27. The molecule has 0 aliphatic heterocycles. The molecule has 0 atom stereocenters. The molecule has 0 spiro atoms. The largest absolute Gasteiger partial charge is 0.0914 e. The van der Waals surface area contributed by atoms with Gasteiger partial charge in [-0.25, -0.2) is 0 Å². The van der Waals surface area contributed by atoms with Gasteiger partial charge in [0.1, 0.15) is 0 Å². The van der Waals surface area contributed by atoms with Crippen LogP contribution in [0.5, 0.6) is 0 Å². The van der Waals surface area contributed by atoms with Crippen molar-refractivity contribution in [3.63, 3.8) is 0 Å². The molecule has 0 bridgehead atoms. The molecule has 0 heterocycles. The number of hydrogen-bond acceptors (Lipinski definition) is 0. The van der Waals surface area contributed by atoms with E-state index in [1.165, 1.54) is 62.5 Å². The van der Waals surface area contributed by atoms with E-state index in [2.05, 4.69) is 50.3 Å². The average Bonchev–Trinajstić information content (AvgIpc) is 2.57. The first kappa shape index (κ1) is 15.8. The Morgan fingerprint density at radius 2 is 1.50 bits per heavy atom. The minimum atomic E-state index is 0.854. The van der Waals surface area contributed by atoms with Crippen LogP contribution in [0.3, 0.4) is 0 Å². The molecule has 0 saturated heterocycles. The second kappa shape index (κ2) is 7.49. The summed E-state index contributed by atoms with van der Waals surface area (Å²) in [5, 5.41) is 0. The third-order valence-electron chi connectivity index (χ3n) is 5.76. The van der Waals surface area contributed by atoms with Crippen LogP contribution in [-0.4, -0.2) is 0 Å². The van der Waals surface area contributed by atoms with Crippen molar-refractivity contribution in [1.29, 1.82) is 0 Å². The lowest BCUT2D eigenvalue weighted by atomic mass is 9.68. The summed E-state index contributed by atoms with van der Waals surface area (Å²) in [6.07, 6.45) is 15.6. The van der Waals surface area contributed by atoms with Crippen LogP contribution in [0.4, 0.5) is 0 Å². The fourth-order valence-electron chi connectivity index (χ4n) is 4.34. The minimum absolute atomic E-state index is 0.854. The zero-order valence-electron chi connectivity index (χ0n) is 14.3. The van der Waals surface area contributed by atoms with E-state index < -0.39 is 0 Å². The van der Waals surface area contributed by atoms with Crippen LogP contribution >= 0.6 is 0 Å². The standard InChI is InChI=1S/C22H30/c1-3-4-18-7-11-20(12-8-18)22-15-13-21(14-16-22)19-9-5-17(2)6-10-19/h3-6,9-10,18,22H,7-8,11-16H2,1-2H3/b4-3+. The zero-order valence-corrected chi connectivity index (χ0v) is 14.3. The van der Waals surface area contributed by atoms with Gasteiger partial charge in [0.05, 0.1) is 0 Å². The Bertz CT molecular complexity index is 465. The molecule has 2 aliphatic rings. The number of hydrogen-bond donors (Lipinski definition) is 0. The molecular weight excluding hydrogens is 264 g/mol. The first-order valence-corrected chi connectivity index (χ1v) is 9.15. The lowest BCUT2D eigenvalue weighted by molar-refractivity contribution is 0.319. The molecule has 2 aliphatic carbocycles. The summed E-state index contributed by atoms with van der Waals surface area (Å²) in [5.41, 5.74) is 2.86. The Hall–Kier alpha value is -1.04. The predicted molar refractivity (Wildman–Crippen MR) is 95.5 cm³/mol. The monoisotopic (exact) mass is 294 g/mol. The van der Waals surface area contributed by atoms with Crippen LogP contribution in [0, 0.1) is 30.6 Å². The Morgan fingerprint density at radius 1 is 0.864 bits per heavy atom. The van der Waals surface area contributed by atoms with Crippen molar-refractivity contribution >= 4 is 0 Å². The lowest BCUT2D eigenvalue weighted by Gasteiger charge is -2.37. The van der Waals surface area contributed by atoms with Gasteiger partial charge in [0.25, 0.3) is 0 Å². The van der Waals surface area contributed by atoms with Gasteiger partial charge in [0.15, 0.2) is 0 Å². The summed E-state index contributed by atoms with van der Waals surface area (Å²) in [6, 6.07) is 9.15. The summed E-state index contributed by atoms with van der Waals surface area (Å²) < 4.78 is 0. The van der Waals surface area contributed by atoms with Gasteiger partial charge in [0, 0.05) is 5.92 Å². The van der Waals surface area contributed by atoms with Crippen molar-refractivity contribution in [2.45, 2.75) is 65.2 Å². The molecule has 0 heteroatoms. The highest BCUT2D eigenvalue weighted by Gasteiger charge is 2.31. The molecule has 0 aromatic heterocycles.